The van der Waals surface area contributed by atoms with E-state index in [-0.39, 0.29) is 0 Å². The summed E-state index contributed by atoms with van der Waals surface area (Å²) in [4.78, 5) is 36.0. The predicted octanol–water partition coefficient (Wildman–Crippen LogP) is 3.66. The smallest absolute Gasteiger partial charge is 0.303 e. The molecule has 9 heteroatoms. The fourth-order valence-electron chi connectivity index (χ4n) is 3.11. The summed E-state index contributed by atoms with van der Waals surface area (Å²) in [5.41, 5.74) is 0.352. The highest BCUT2D eigenvalue weighted by molar-refractivity contribution is 7.99. The zero-order valence-electron chi connectivity index (χ0n) is 16.7. The number of rotatable bonds is 6. The van der Waals surface area contributed by atoms with Crippen LogP contribution in [-0.4, -0.2) is 47.4 Å². The lowest BCUT2D eigenvalue weighted by Crippen LogP contribution is -2.55. The molecule has 30 heavy (non-hydrogen) atoms. The van der Waals surface area contributed by atoms with Gasteiger partial charge in [0.25, 0.3) is 0 Å². The quantitative estimate of drug-likeness (QED) is 0.487. The molecule has 1 aromatic carbocycles. The predicted molar refractivity (Wildman–Crippen MR) is 113 cm³/mol. The van der Waals surface area contributed by atoms with Crippen molar-refractivity contribution in [3.05, 3.63) is 41.8 Å². The Morgan fingerprint density at radius 3 is 2.23 bits per heavy atom. The number of carbonyl (C=O) groups excluding carboxylic acids is 3. The summed E-state index contributed by atoms with van der Waals surface area (Å²) >= 11 is 2.94. The fraction of sp³-hybridized carbons (Fsp3) is 0.381. The normalized spacial score (nSPS) is 23.3. The maximum absolute atomic E-state index is 11.7. The Kier molecular flexibility index (Phi) is 7.38. The standard InChI is InChI=1S/C21H22O7S2/c1-12(22)25-17-11-30-21(20(27-14(3)24)19(17)26-13(2)23)28-16-7-4-6-15(10-16)18-8-5-9-29-18/h4-10,17,19-21H,11H2,1-3H3/t17-,19+,20-,21-/m1/s1. The van der Waals surface area contributed by atoms with Gasteiger partial charge in [0.2, 0.25) is 0 Å². The van der Waals surface area contributed by atoms with Gasteiger partial charge in [-0.05, 0) is 29.1 Å². The third-order valence-corrected chi connectivity index (χ3v) is 6.33. The van der Waals surface area contributed by atoms with Crippen molar-refractivity contribution in [2.24, 2.45) is 0 Å². The fourth-order valence-corrected chi connectivity index (χ4v) is 5.05. The molecule has 0 N–H and O–H groups in total. The molecule has 0 spiro atoms. The van der Waals surface area contributed by atoms with Crippen molar-refractivity contribution < 1.29 is 33.3 Å². The van der Waals surface area contributed by atoms with Gasteiger partial charge in [-0.25, -0.2) is 0 Å². The minimum Gasteiger partial charge on any atom is -0.476 e. The van der Waals surface area contributed by atoms with E-state index in [0.29, 0.717) is 11.5 Å². The number of esters is 3. The van der Waals surface area contributed by atoms with E-state index in [1.165, 1.54) is 32.5 Å². The molecule has 0 radical (unpaired) electrons. The van der Waals surface area contributed by atoms with Gasteiger partial charge in [0, 0.05) is 31.4 Å². The van der Waals surface area contributed by atoms with Crippen LogP contribution in [0, 0.1) is 0 Å². The van der Waals surface area contributed by atoms with Gasteiger partial charge in [-0.15, -0.1) is 23.1 Å². The Balaban J connectivity index is 1.85. The first-order chi connectivity index (χ1) is 14.3. The lowest BCUT2D eigenvalue weighted by Gasteiger charge is -2.39. The molecule has 4 atom stereocenters. The van der Waals surface area contributed by atoms with Crippen LogP contribution in [-0.2, 0) is 28.6 Å². The van der Waals surface area contributed by atoms with Crippen LogP contribution in [0.15, 0.2) is 41.8 Å². The second kappa shape index (κ2) is 9.99. The number of hydrogen-bond donors (Lipinski definition) is 0. The van der Waals surface area contributed by atoms with E-state index in [2.05, 4.69) is 0 Å². The zero-order valence-corrected chi connectivity index (χ0v) is 18.4. The summed E-state index contributed by atoms with van der Waals surface area (Å²) in [5.74, 6) is -0.725. The number of ether oxygens (including phenoxy) is 4. The number of hydrogen-bond acceptors (Lipinski definition) is 9. The first-order valence-corrected chi connectivity index (χ1v) is 11.2. The van der Waals surface area contributed by atoms with Gasteiger partial charge in [-0.2, -0.15) is 0 Å². The monoisotopic (exact) mass is 450 g/mol. The van der Waals surface area contributed by atoms with Crippen molar-refractivity contribution in [2.75, 3.05) is 5.75 Å². The largest absolute Gasteiger partial charge is 0.476 e. The minimum atomic E-state index is -0.970. The van der Waals surface area contributed by atoms with E-state index in [1.807, 2.05) is 41.8 Å². The molecule has 3 rings (SSSR count). The van der Waals surface area contributed by atoms with Crippen molar-refractivity contribution in [1.29, 1.82) is 0 Å². The molecule has 0 saturated carbocycles. The highest BCUT2D eigenvalue weighted by atomic mass is 32.2. The highest BCUT2D eigenvalue weighted by Crippen LogP contribution is 2.35. The Morgan fingerprint density at radius 2 is 1.60 bits per heavy atom. The number of thiophene rings is 1. The van der Waals surface area contributed by atoms with Crippen LogP contribution < -0.4 is 4.74 Å². The van der Waals surface area contributed by atoms with Crippen LogP contribution in [0.5, 0.6) is 5.75 Å². The van der Waals surface area contributed by atoms with E-state index < -0.39 is 41.7 Å². The zero-order chi connectivity index (χ0) is 21.7. The molecule has 0 unspecified atom stereocenters. The van der Waals surface area contributed by atoms with Crippen LogP contribution >= 0.6 is 23.1 Å². The van der Waals surface area contributed by atoms with E-state index >= 15 is 0 Å². The van der Waals surface area contributed by atoms with Crippen molar-refractivity contribution in [3.8, 4) is 16.2 Å². The average Bonchev–Trinajstić information content (AvgIpc) is 3.20. The molecule has 1 aromatic heterocycles. The maximum atomic E-state index is 11.7. The van der Waals surface area contributed by atoms with E-state index in [4.69, 9.17) is 18.9 Å². The van der Waals surface area contributed by atoms with Gasteiger partial charge < -0.3 is 18.9 Å². The number of thioether (sulfide) groups is 1. The first kappa shape index (κ1) is 22.2. The van der Waals surface area contributed by atoms with Gasteiger partial charge in [-0.3, -0.25) is 14.4 Å². The summed E-state index contributed by atoms with van der Waals surface area (Å²) in [5, 5.41) is 2.00. The Morgan fingerprint density at radius 1 is 0.900 bits per heavy atom. The van der Waals surface area contributed by atoms with Gasteiger partial charge >= 0.3 is 17.9 Å². The minimum absolute atomic E-state index is 0.324. The van der Waals surface area contributed by atoms with Crippen molar-refractivity contribution in [2.45, 2.75) is 44.5 Å². The molecule has 7 nitrogen and oxygen atoms in total. The molecule has 160 valence electrons. The van der Waals surface area contributed by atoms with E-state index in [9.17, 15) is 14.4 Å². The Labute approximate surface area is 182 Å². The molecule has 1 fully saturated rings. The Bertz CT molecular complexity index is 897. The summed E-state index contributed by atoms with van der Waals surface area (Å²) in [6, 6.07) is 11.6. The summed E-state index contributed by atoms with van der Waals surface area (Å²) < 4.78 is 22.3. The molecular weight excluding hydrogens is 428 g/mol. The van der Waals surface area contributed by atoms with Gasteiger partial charge in [0.05, 0.1) is 0 Å². The summed E-state index contributed by atoms with van der Waals surface area (Å²) in [6.45, 7) is 3.78. The molecule has 2 aromatic rings. The lowest BCUT2D eigenvalue weighted by molar-refractivity contribution is -0.186. The van der Waals surface area contributed by atoms with E-state index in [0.717, 1.165) is 10.4 Å². The van der Waals surface area contributed by atoms with Crippen LogP contribution in [0.25, 0.3) is 10.4 Å². The van der Waals surface area contributed by atoms with Gasteiger partial charge in [-0.1, -0.05) is 18.2 Å². The summed E-state index contributed by atoms with van der Waals surface area (Å²) in [6.07, 6.45) is -2.67. The second-order valence-corrected chi connectivity index (χ2v) is 8.70. The van der Waals surface area contributed by atoms with Crippen LogP contribution in [0.3, 0.4) is 0 Å². The molecular formula is C21H22O7S2. The summed E-state index contributed by atoms with van der Waals surface area (Å²) in [7, 11) is 0. The Hall–Kier alpha value is -2.52. The van der Waals surface area contributed by atoms with Crippen molar-refractivity contribution in [3.63, 3.8) is 0 Å². The molecule has 1 saturated heterocycles. The molecule has 0 amide bonds. The topological polar surface area (TPSA) is 88.1 Å². The SMILES string of the molecule is CC(=O)O[C@@H]1[C@@H](OC(C)=O)[C@H](OC(C)=O)CS[C@H]1Oc1cccc(-c2cccs2)c1. The van der Waals surface area contributed by atoms with Crippen LogP contribution in [0.2, 0.25) is 0 Å². The molecule has 1 aliphatic heterocycles. The van der Waals surface area contributed by atoms with Gasteiger partial charge in [0.1, 0.15) is 5.75 Å². The maximum Gasteiger partial charge on any atom is 0.303 e. The first-order valence-electron chi connectivity index (χ1n) is 9.27. The van der Waals surface area contributed by atoms with Crippen LogP contribution in [0.4, 0.5) is 0 Å². The molecule has 2 heterocycles. The lowest BCUT2D eigenvalue weighted by atomic mass is 10.1. The van der Waals surface area contributed by atoms with Gasteiger partial charge in [0.15, 0.2) is 23.7 Å². The highest BCUT2D eigenvalue weighted by Gasteiger charge is 2.47. The number of benzene rings is 1. The van der Waals surface area contributed by atoms with E-state index in [1.54, 1.807) is 11.3 Å². The van der Waals surface area contributed by atoms with Crippen molar-refractivity contribution >= 4 is 41.0 Å². The third kappa shape index (κ3) is 5.76. The molecule has 0 bridgehead atoms. The second-order valence-electron chi connectivity index (χ2n) is 6.62. The van der Waals surface area contributed by atoms with Crippen molar-refractivity contribution in [1.82, 2.24) is 0 Å². The third-order valence-electron chi connectivity index (χ3n) is 4.20. The van der Waals surface area contributed by atoms with Crippen LogP contribution in [0.1, 0.15) is 20.8 Å². The molecule has 1 aliphatic rings. The molecule has 0 aliphatic carbocycles. The number of carbonyl (C=O) groups is 3. The average molecular weight is 451 g/mol.